The summed E-state index contributed by atoms with van der Waals surface area (Å²) in [6, 6.07) is 38.9. The number of fused-ring (bicyclic) bond motifs is 4. The number of benzene rings is 5. The molecule has 2 aliphatic carbocycles. The lowest BCUT2D eigenvalue weighted by molar-refractivity contribution is 0.365. The van der Waals surface area contributed by atoms with E-state index in [0.717, 1.165) is 96.1 Å². The molecule has 0 N–H and O–H groups in total. The van der Waals surface area contributed by atoms with Gasteiger partial charge in [-0.05, 0) is 138 Å². The third-order valence-corrected chi connectivity index (χ3v) is 18.3. The van der Waals surface area contributed by atoms with Crippen molar-refractivity contribution in [3.63, 3.8) is 0 Å². The number of hydrogen-bond donors (Lipinski definition) is 0. The molecule has 478 valence electrons. The SMILES string of the molecule is C/C(Br)=C\C=C(/C)c1ccc(/C(C)=C/C=C(\C)Br)c2nc(-c3ccccc3)c(-c3ccccc3)nc12.CCCCCCCCC1(CCCCCCCC)c2cc(B3OCCO3)ccc2-c2ccc(B3OCCO3)cc21.CN=C1C(Br)=CC=C(Br)C1=NC.S.S.S. The second-order valence-corrected chi connectivity index (χ2v) is 27.0. The topological polar surface area (TPSA) is 87.4 Å². The fourth-order valence-corrected chi connectivity index (χ4v) is 13.2. The van der Waals surface area contributed by atoms with Gasteiger partial charge in [0.1, 0.15) is 0 Å². The highest BCUT2D eigenvalue weighted by atomic mass is 79.9. The first kappa shape index (κ1) is 76.9. The molecular weight excluding hydrogens is 1430 g/mol. The van der Waals surface area contributed by atoms with Gasteiger partial charge < -0.3 is 18.6 Å². The molecule has 2 fully saturated rings. The fourth-order valence-electron chi connectivity index (χ4n) is 12.0. The Bertz CT molecular complexity index is 3330. The Hall–Kier alpha value is -3.84. The molecule has 4 aliphatic rings. The van der Waals surface area contributed by atoms with E-state index in [0.29, 0.717) is 26.4 Å². The highest BCUT2D eigenvalue weighted by Crippen LogP contribution is 2.54. The van der Waals surface area contributed by atoms with Gasteiger partial charge in [-0.25, -0.2) is 9.97 Å². The van der Waals surface area contributed by atoms with Crippen LogP contribution in [0, 0.1) is 0 Å². The number of rotatable bonds is 22. The third-order valence-electron chi connectivity index (χ3n) is 16.5. The highest BCUT2D eigenvalue weighted by Gasteiger charge is 2.44. The smallest absolute Gasteiger partial charge is 0.405 e. The molecule has 90 heavy (non-hydrogen) atoms. The van der Waals surface area contributed by atoms with E-state index in [1.165, 1.54) is 112 Å². The Balaban J connectivity index is 0.000000269. The zero-order chi connectivity index (χ0) is 61.7. The predicted octanol–water partition coefficient (Wildman–Crippen LogP) is 20.3. The first-order valence-electron chi connectivity index (χ1n) is 31.2. The van der Waals surface area contributed by atoms with Crippen molar-refractivity contribution in [3.05, 3.63) is 186 Å². The Morgan fingerprint density at radius 3 is 1.19 bits per heavy atom. The van der Waals surface area contributed by atoms with Crippen LogP contribution in [0.3, 0.4) is 0 Å². The normalized spacial score (nSPS) is 16.3. The van der Waals surface area contributed by atoms with Crippen LogP contribution in [0.5, 0.6) is 0 Å². The molecule has 1 aromatic heterocycles. The highest BCUT2D eigenvalue weighted by molar-refractivity contribution is 9.12. The summed E-state index contributed by atoms with van der Waals surface area (Å²) in [5.41, 5.74) is 19.9. The van der Waals surface area contributed by atoms with E-state index in [1.54, 1.807) is 14.1 Å². The molecule has 0 unspecified atom stereocenters. The van der Waals surface area contributed by atoms with Gasteiger partial charge in [-0.2, -0.15) is 40.5 Å². The summed E-state index contributed by atoms with van der Waals surface area (Å²) in [4.78, 5) is 18.9. The number of allylic oxidation sites excluding steroid dienone is 12. The number of nitrogens with zero attached hydrogens (tertiary/aromatic N) is 4. The number of aliphatic imine (C=N–C) groups is 2. The summed E-state index contributed by atoms with van der Waals surface area (Å²) in [6.07, 6.45) is 30.5. The molecule has 6 aromatic rings. The van der Waals surface area contributed by atoms with Crippen LogP contribution in [0.2, 0.25) is 0 Å². The molecule has 17 heteroatoms. The zero-order valence-corrected chi connectivity index (χ0v) is 63.0. The van der Waals surface area contributed by atoms with Crippen molar-refractivity contribution in [1.82, 2.24) is 9.97 Å². The van der Waals surface area contributed by atoms with E-state index in [-0.39, 0.29) is 60.1 Å². The standard InChI is InChI=1S/C33H48B2O4.C32H28Br2N2.C8H8Br2N2.3H2S/c1-3-5-7-9-11-13-19-33(20-14-12-10-8-6-4-2)31-25-27(34-36-21-22-37-34)15-17-29(31)30-18-16-28(26-32(30)33)35-38-23-24-39-35;1-21(15-17-23(3)33)27-19-20-28(22(2)16-18-24(4)34)32-31(27)35-29(25-11-7-5-8-12-25)30(36-32)26-13-9-6-10-14-26;1-11-7-5(9)3-4-6(10)8(7)12-2;;;/h15-18,25-26H,3-14,19-24H2,1-2H3;5-20H,1-4H3;3-4H,1-2H3;3*1H2/b;21-15+,22-16+,23-17+,24-18+;;;;. The maximum Gasteiger partial charge on any atom is 0.494 e. The van der Waals surface area contributed by atoms with Crippen LogP contribution in [0.1, 0.15) is 154 Å². The summed E-state index contributed by atoms with van der Waals surface area (Å²) in [5.74, 6) is 0. The Morgan fingerprint density at radius 2 is 0.844 bits per heavy atom. The molecular formula is C73H90B2Br4N4O4S3. The lowest BCUT2D eigenvalue weighted by Gasteiger charge is -2.33. The third kappa shape index (κ3) is 20.1. The molecule has 0 spiro atoms. The molecule has 3 heterocycles. The van der Waals surface area contributed by atoms with Crippen molar-refractivity contribution < 1.29 is 18.6 Å². The average molecular weight is 1520 g/mol. The summed E-state index contributed by atoms with van der Waals surface area (Å²) in [6.45, 7) is 15.6. The minimum atomic E-state index is -0.240. The van der Waals surface area contributed by atoms with Gasteiger partial charge in [0.2, 0.25) is 0 Å². The van der Waals surface area contributed by atoms with E-state index in [2.05, 4.69) is 199 Å². The Labute approximate surface area is 593 Å². The van der Waals surface area contributed by atoms with E-state index in [9.17, 15) is 0 Å². The van der Waals surface area contributed by atoms with Crippen molar-refractivity contribution in [2.24, 2.45) is 9.98 Å². The Kier molecular flexibility index (Phi) is 33.4. The van der Waals surface area contributed by atoms with Crippen molar-refractivity contribution in [3.8, 4) is 33.6 Å². The largest absolute Gasteiger partial charge is 0.494 e. The Morgan fingerprint density at radius 1 is 0.489 bits per heavy atom. The number of hydrogen-bond acceptors (Lipinski definition) is 8. The first-order valence-corrected chi connectivity index (χ1v) is 34.4. The molecule has 10 rings (SSSR count). The van der Waals surface area contributed by atoms with Crippen molar-refractivity contribution in [1.29, 1.82) is 0 Å². The summed E-state index contributed by atoms with van der Waals surface area (Å²) in [5, 5.41) is 0. The molecule has 0 bridgehead atoms. The van der Waals surface area contributed by atoms with Gasteiger partial charge >= 0.3 is 14.2 Å². The van der Waals surface area contributed by atoms with E-state index >= 15 is 0 Å². The van der Waals surface area contributed by atoms with Gasteiger partial charge in [-0.3, -0.25) is 9.98 Å². The van der Waals surface area contributed by atoms with Crippen LogP contribution in [0.15, 0.2) is 174 Å². The molecule has 8 nitrogen and oxygen atoms in total. The maximum absolute atomic E-state index is 5.95. The minimum Gasteiger partial charge on any atom is -0.405 e. The van der Waals surface area contributed by atoms with Crippen molar-refractivity contribution in [2.45, 2.75) is 137 Å². The zero-order valence-electron chi connectivity index (χ0n) is 53.7. The number of unbranched alkanes of at least 4 members (excludes halogenated alkanes) is 10. The molecule has 2 aliphatic heterocycles. The molecule has 0 atom stereocenters. The van der Waals surface area contributed by atoms with Crippen LogP contribution >= 0.6 is 104 Å². The molecule has 0 saturated carbocycles. The number of halogens is 4. The molecule has 2 saturated heterocycles. The van der Waals surface area contributed by atoms with Crippen LogP contribution in [-0.2, 0) is 24.0 Å². The van der Waals surface area contributed by atoms with Gasteiger partial charge in [-0.1, -0.05) is 256 Å². The molecule has 0 radical (unpaired) electrons. The lowest BCUT2D eigenvalue weighted by atomic mass is 9.67. The molecule has 0 amide bonds. The maximum atomic E-state index is 5.95. The van der Waals surface area contributed by atoms with E-state index < -0.39 is 0 Å². The fraction of sp³-hybridized carbons (Fsp3) is 0.370. The van der Waals surface area contributed by atoms with Gasteiger partial charge in [-0.15, -0.1) is 0 Å². The van der Waals surface area contributed by atoms with Gasteiger partial charge in [0.15, 0.2) is 0 Å². The minimum absolute atomic E-state index is 0. The summed E-state index contributed by atoms with van der Waals surface area (Å²) >= 11 is 13.9. The van der Waals surface area contributed by atoms with Crippen LogP contribution in [0.4, 0.5) is 0 Å². The second kappa shape index (κ2) is 39.1. The van der Waals surface area contributed by atoms with Crippen LogP contribution in [0.25, 0.3) is 55.8 Å². The van der Waals surface area contributed by atoms with Crippen LogP contribution in [-0.4, -0.2) is 76.2 Å². The van der Waals surface area contributed by atoms with Crippen LogP contribution < -0.4 is 10.9 Å². The van der Waals surface area contributed by atoms with Gasteiger partial charge in [0, 0.05) is 50.7 Å². The summed E-state index contributed by atoms with van der Waals surface area (Å²) in [7, 11) is 3.02. The lowest BCUT2D eigenvalue weighted by Crippen LogP contribution is -2.35. The van der Waals surface area contributed by atoms with E-state index in [4.69, 9.17) is 28.6 Å². The van der Waals surface area contributed by atoms with Gasteiger partial charge in [0.25, 0.3) is 0 Å². The second-order valence-electron chi connectivity index (χ2n) is 22.8. The van der Waals surface area contributed by atoms with E-state index in [1.807, 2.05) is 62.4 Å². The predicted molar refractivity (Wildman–Crippen MR) is 418 cm³/mol. The summed E-state index contributed by atoms with van der Waals surface area (Å²) < 4.78 is 27.9. The van der Waals surface area contributed by atoms with Gasteiger partial charge in [0.05, 0.1) is 60.3 Å². The van der Waals surface area contributed by atoms with Crippen molar-refractivity contribution in [2.75, 3.05) is 40.5 Å². The average Bonchev–Trinajstić information content (AvgIpc) is 1.53. The first-order chi connectivity index (χ1) is 42.3. The van der Waals surface area contributed by atoms with Crippen molar-refractivity contribution >= 4 is 163 Å². The number of aromatic nitrogens is 2. The monoisotopic (exact) mass is 1520 g/mol. The molecule has 5 aromatic carbocycles. The quantitative estimate of drug-likeness (QED) is 0.0291.